The molecule has 0 aliphatic heterocycles. The summed E-state index contributed by atoms with van der Waals surface area (Å²) in [5, 5.41) is 14.3. The summed E-state index contributed by atoms with van der Waals surface area (Å²) in [5.41, 5.74) is 0. The zero-order valence-electron chi connectivity index (χ0n) is 11.0. The molecule has 0 heterocycles. The molecule has 18 heavy (non-hydrogen) atoms. The van der Waals surface area contributed by atoms with Crippen molar-refractivity contribution in [1.82, 2.24) is 10.6 Å². The summed E-state index contributed by atoms with van der Waals surface area (Å²) in [6, 6.07) is -1.16. The number of unbranched alkanes of at least 4 members (excludes halogenated alkanes) is 1. The van der Waals surface area contributed by atoms with Gasteiger partial charge in [-0.15, -0.1) is 0 Å². The Morgan fingerprint density at radius 3 is 2.56 bits per heavy atom. The molecule has 1 aliphatic rings. The minimum atomic E-state index is -0.968. The first-order valence-corrected chi connectivity index (χ1v) is 7.58. The molecule has 3 N–H and O–H groups in total. The van der Waals surface area contributed by atoms with Crippen LogP contribution in [0.5, 0.6) is 0 Å². The van der Waals surface area contributed by atoms with Crippen LogP contribution >= 0.6 is 11.8 Å². The van der Waals surface area contributed by atoms with Crippen molar-refractivity contribution in [1.29, 1.82) is 0 Å². The highest BCUT2D eigenvalue weighted by molar-refractivity contribution is 8.00. The average Bonchev–Trinajstić information content (AvgIpc) is 3.12. The summed E-state index contributed by atoms with van der Waals surface area (Å²) >= 11 is 1.76. The zero-order chi connectivity index (χ0) is 13.6. The molecule has 1 saturated carbocycles. The first-order valence-electron chi connectivity index (χ1n) is 6.35. The van der Waals surface area contributed by atoms with Crippen molar-refractivity contribution in [3.63, 3.8) is 0 Å². The molecule has 104 valence electrons. The third-order valence-corrected chi connectivity index (χ3v) is 4.68. The number of aliphatic carboxylic acids is 1. The monoisotopic (exact) mass is 274 g/mol. The normalized spacial score (nSPS) is 17.9. The number of hydrogen-bond acceptors (Lipinski definition) is 3. The summed E-state index contributed by atoms with van der Waals surface area (Å²) in [5.74, 6) is -0.968. The van der Waals surface area contributed by atoms with Gasteiger partial charge in [0.1, 0.15) is 6.04 Å². The number of carbonyl (C=O) groups excluding carboxylic acids is 1. The molecule has 0 spiro atoms. The van der Waals surface area contributed by atoms with Crippen molar-refractivity contribution >= 4 is 23.8 Å². The van der Waals surface area contributed by atoms with E-state index in [0.29, 0.717) is 13.0 Å². The van der Waals surface area contributed by atoms with Gasteiger partial charge in [-0.2, -0.15) is 11.8 Å². The lowest BCUT2D eigenvalue weighted by atomic mass is 10.1. The Hall–Kier alpha value is -0.910. The summed E-state index contributed by atoms with van der Waals surface area (Å²) < 4.78 is 0.194. The first-order chi connectivity index (χ1) is 8.53. The predicted molar refractivity (Wildman–Crippen MR) is 73.0 cm³/mol. The van der Waals surface area contributed by atoms with E-state index in [4.69, 9.17) is 5.11 Å². The molecule has 0 radical (unpaired) electrons. The second-order valence-corrected chi connectivity index (χ2v) is 6.02. The predicted octanol–water partition coefficient (Wildman–Crippen LogP) is 1.82. The fraction of sp³-hybridized carbons (Fsp3) is 0.833. The summed E-state index contributed by atoms with van der Waals surface area (Å²) in [6.45, 7) is 2.61. The van der Waals surface area contributed by atoms with Crippen LogP contribution in [-0.2, 0) is 4.79 Å². The number of rotatable bonds is 8. The van der Waals surface area contributed by atoms with Crippen LogP contribution in [0, 0.1) is 0 Å². The van der Waals surface area contributed by atoms with Gasteiger partial charge in [0.25, 0.3) is 0 Å². The van der Waals surface area contributed by atoms with Gasteiger partial charge in [-0.1, -0.05) is 19.8 Å². The fourth-order valence-electron chi connectivity index (χ4n) is 1.71. The highest BCUT2D eigenvalue weighted by atomic mass is 32.2. The van der Waals surface area contributed by atoms with Gasteiger partial charge in [-0.05, 0) is 25.5 Å². The summed E-state index contributed by atoms with van der Waals surface area (Å²) in [6.07, 6.45) is 6.47. The summed E-state index contributed by atoms with van der Waals surface area (Å²) in [4.78, 5) is 22.6. The van der Waals surface area contributed by atoms with E-state index >= 15 is 0 Å². The third kappa shape index (κ3) is 4.76. The van der Waals surface area contributed by atoms with Crippen molar-refractivity contribution in [2.24, 2.45) is 0 Å². The molecule has 6 heteroatoms. The van der Waals surface area contributed by atoms with Crippen LogP contribution in [-0.4, -0.2) is 40.7 Å². The van der Waals surface area contributed by atoms with Gasteiger partial charge in [0.15, 0.2) is 0 Å². The van der Waals surface area contributed by atoms with Gasteiger partial charge >= 0.3 is 12.0 Å². The minimum Gasteiger partial charge on any atom is -0.480 e. The third-order valence-electron chi connectivity index (χ3n) is 3.26. The minimum absolute atomic E-state index is 0.194. The molecular formula is C12H22N2O3S. The SMILES string of the molecule is CCCC[C@H](NC(=O)NCC1(SC)CC1)C(=O)O. The highest BCUT2D eigenvalue weighted by Gasteiger charge is 2.42. The average molecular weight is 274 g/mol. The second-order valence-electron chi connectivity index (χ2n) is 4.75. The topological polar surface area (TPSA) is 78.4 Å². The van der Waals surface area contributed by atoms with Crippen molar-refractivity contribution in [2.45, 2.75) is 49.8 Å². The van der Waals surface area contributed by atoms with Crippen LogP contribution in [0.2, 0.25) is 0 Å². The van der Waals surface area contributed by atoms with Gasteiger partial charge in [-0.25, -0.2) is 9.59 Å². The summed E-state index contributed by atoms with van der Waals surface area (Å²) in [7, 11) is 0. The molecule has 0 aromatic carbocycles. The van der Waals surface area contributed by atoms with E-state index in [1.54, 1.807) is 11.8 Å². The maximum absolute atomic E-state index is 11.6. The highest BCUT2D eigenvalue weighted by Crippen LogP contribution is 2.46. The number of amides is 2. The lowest BCUT2D eigenvalue weighted by molar-refractivity contribution is -0.139. The number of hydrogen-bond donors (Lipinski definition) is 3. The number of nitrogens with one attached hydrogen (secondary N) is 2. The van der Waals surface area contributed by atoms with Gasteiger partial charge in [-0.3, -0.25) is 0 Å². The van der Waals surface area contributed by atoms with Crippen molar-refractivity contribution in [3.8, 4) is 0 Å². The molecule has 2 amide bonds. The Bertz CT molecular complexity index is 306. The standard InChI is InChI=1S/C12H22N2O3S/c1-3-4-5-9(10(15)16)14-11(17)13-8-12(18-2)6-7-12/h9H,3-8H2,1-2H3,(H,15,16)(H2,13,14,17)/t9-/m0/s1. The van der Waals surface area contributed by atoms with E-state index in [2.05, 4.69) is 10.6 Å². The van der Waals surface area contributed by atoms with E-state index in [1.165, 1.54) is 0 Å². The lowest BCUT2D eigenvalue weighted by Crippen LogP contribution is -2.47. The van der Waals surface area contributed by atoms with E-state index in [1.807, 2.05) is 13.2 Å². The van der Waals surface area contributed by atoms with E-state index in [-0.39, 0.29) is 10.8 Å². The maximum Gasteiger partial charge on any atom is 0.326 e. The van der Waals surface area contributed by atoms with Crippen molar-refractivity contribution < 1.29 is 14.7 Å². The molecular weight excluding hydrogens is 252 g/mol. The van der Waals surface area contributed by atoms with Crippen LogP contribution in [0.25, 0.3) is 0 Å². The molecule has 1 rings (SSSR count). The quantitative estimate of drug-likeness (QED) is 0.631. The molecule has 1 aliphatic carbocycles. The molecule has 5 nitrogen and oxygen atoms in total. The largest absolute Gasteiger partial charge is 0.480 e. The van der Waals surface area contributed by atoms with Crippen LogP contribution in [0.15, 0.2) is 0 Å². The second kappa shape index (κ2) is 6.87. The van der Waals surface area contributed by atoms with Gasteiger partial charge in [0.05, 0.1) is 0 Å². The van der Waals surface area contributed by atoms with Crippen molar-refractivity contribution in [2.75, 3.05) is 12.8 Å². The van der Waals surface area contributed by atoms with E-state index in [9.17, 15) is 9.59 Å². The number of carboxylic acids is 1. The lowest BCUT2D eigenvalue weighted by Gasteiger charge is -2.17. The Balaban J connectivity index is 2.29. The van der Waals surface area contributed by atoms with Gasteiger partial charge < -0.3 is 15.7 Å². The molecule has 0 saturated heterocycles. The molecule has 0 unspecified atom stereocenters. The number of carbonyl (C=O) groups is 2. The van der Waals surface area contributed by atoms with E-state index in [0.717, 1.165) is 25.7 Å². The molecule has 1 atom stereocenters. The van der Waals surface area contributed by atoms with Gasteiger partial charge in [0.2, 0.25) is 0 Å². The maximum atomic E-state index is 11.6. The smallest absolute Gasteiger partial charge is 0.326 e. The molecule has 1 fully saturated rings. The Morgan fingerprint density at radius 2 is 2.11 bits per heavy atom. The van der Waals surface area contributed by atoms with Crippen LogP contribution in [0.3, 0.4) is 0 Å². The fourth-order valence-corrected chi connectivity index (χ4v) is 2.44. The number of urea groups is 1. The van der Waals surface area contributed by atoms with Crippen LogP contribution in [0.4, 0.5) is 4.79 Å². The Labute approximate surface area is 112 Å². The van der Waals surface area contributed by atoms with Crippen LogP contribution in [0.1, 0.15) is 39.0 Å². The first kappa shape index (κ1) is 15.1. The Morgan fingerprint density at radius 1 is 1.44 bits per heavy atom. The number of thioether (sulfide) groups is 1. The van der Waals surface area contributed by atoms with Crippen LogP contribution < -0.4 is 10.6 Å². The Kier molecular flexibility index (Phi) is 5.78. The van der Waals surface area contributed by atoms with Crippen molar-refractivity contribution in [3.05, 3.63) is 0 Å². The number of carboxylic acid groups (broad SMARTS) is 1. The van der Waals surface area contributed by atoms with Gasteiger partial charge in [0, 0.05) is 11.3 Å². The van der Waals surface area contributed by atoms with E-state index < -0.39 is 12.0 Å². The molecule has 0 bridgehead atoms. The molecule has 0 aromatic heterocycles. The zero-order valence-corrected chi connectivity index (χ0v) is 11.8. The molecule has 0 aromatic rings.